The van der Waals surface area contributed by atoms with Gasteiger partial charge >= 0.3 is 5.97 Å². The van der Waals surface area contributed by atoms with Crippen LogP contribution in [0.4, 0.5) is 0 Å². The van der Waals surface area contributed by atoms with E-state index in [-0.39, 0.29) is 5.69 Å². The Morgan fingerprint density at radius 1 is 1.73 bits per heavy atom. The van der Waals surface area contributed by atoms with Crippen LogP contribution in [0.2, 0.25) is 0 Å². The first-order chi connectivity index (χ1) is 7.19. The van der Waals surface area contributed by atoms with Crippen molar-refractivity contribution in [1.82, 2.24) is 15.3 Å². The van der Waals surface area contributed by atoms with Gasteiger partial charge in [-0.25, -0.2) is 9.78 Å². The van der Waals surface area contributed by atoms with Crippen molar-refractivity contribution in [3.05, 3.63) is 18.2 Å². The second-order valence-electron chi connectivity index (χ2n) is 2.70. The number of amides is 1. The molecule has 0 radical (unpaired) electrons. The van der Waals surface area contributed by atoms with Gasteiger partial charge in [-0.15, -0.1) is 0 Å². The third-order valence-corrected chi connectivity index (χ3v) is 1.72. The Bertz CT molecular complexity index is 336. The molecule has 0 aromatic carbocycles. The minimum atomic E-state index is -1.06. The summed E-state index contributed by atoms with van der Waals surface area (Å²) in [5.41, 5.74) is 0.206. The molecule has 0 saturated carbocycles. The zero-order valence-electron chi connectivity index (χ0n) is 8.06. The van der Waals surface area contributed by atoms with Gasteiger partial charge in [-0.2, -0.15) is 0 Å². The lowest BCUT2D eigenvalue weighted by molar-refractivity contribution is -0.143. The predicted molar refractivity (Wildman–Crippen MR) is 48.9 cm³/mol. The number of nitrogens with one attached hydrogen (secondary N) is 2. The maximum atomic E-state index is 11.4. The Morgan fingerprint density at radius 2 is 2.47 bits per heavy atom. The van der Waals surface area contributed by atoms with Gasteiger partial charge in [-0.3, -0.25) is 4.79 Å². The Hall–Kier alpha value is -1.89. The van der Waals surface area contributed by atoms with Crippen molar-refractivity contribution in [3.63, 3.8) is 0 Å². The smallest absolute Gasteiger partial charge is 0.330 e. The van der Waals surface area contributed by atoms with Gasteiger partial charge in [0.05, 0.1) is 26.2 Å². The summed E-state index contributed by atoms with van der Waals surface area (Å²) in [6.07, 6.45) is 2.64. The van der Waals surface area contributed by atoms with Gasteiger partial charge in [0.1, 0.15) is 5.69 Å². The molecule has 0 aliphatic heterocycles. The lowest BCUT2D eigenvalue weighted by atomic mass is 10.3. The minimum Gasteiger partial charge on any atom is -0.467 e. The van der Waals surface area contributed by atoms with Crippen LogP contribution in [0.3, 0.4) is 0 Å². The van der Waals surface area contributed by atoms with Gasteiger partial charge in [-0.1, -0.05) is 0 Å². The predicted octanol–water partition coefficient (Wildman–Crippen LogP) is -1.33. The van der Waals surface area contributed by atoms with Crippen molar-refractivity contribution >= 4 is 11.9 Å². The van der Waals surface area contributed by atoms with Crippen molar-refractivity contribution in [2.45, 2.75) is 6.04 Å². The maximum absolute atomic E-state index is 11.4. The summed E-state index contributed by atoms with van der Waals surface area (Å²) in [6.45, 7) is -0.521. The normalized spacial score (nSPS) is 11.9. The van der Waals surface area contributed by atoms with E-state index in [1.807, 2.05) is 0 Å². The second kappa shape index (κ2) is 5.11. The van der Waals surface area contributed by atoms with E-state index in [9.17, 15) is 9.59 Å². The summed E-state index contributed by atoms with van der Waals surface area (Å²) >= 11 is 0. The van der Waals surface area contributed by atoms with E-state index in [1.165, 1.54) is 19.6 Å². The van der Waals surface area contributed by atoms with Crippen molar-refractivity contribution in [2.24, 2.45) is 0 Å². The molecule has 1 aromatic heterocycles. The average molecular weight is 213 g/mol. The molecule has 1 atom stereocenters. The zero-order chi connectivity index (χ0) is 11.3. The summed E-state index contributed by atoms with van der Waals surface area (Å²) in [4.78, 5) is 28.6. The number of rotatable bonds is 4. The first-order valence-electron chi connectivity index (χ1n) is 4.17. The molecular weight excluding hydrogens is 202 g/mol. The Labute approximate surface area is 85.5 Å². The Morgan fingerprint density at radius 3 is 2.93 bits per heavy atom. The third kappa shape index (κ3) is 2.78. The molecule has 1 unspecified atom stereocenters. The summed E-state index contributed by atoms with van der Waals surface area (Å²) in [5.74, 6) is -1.23. The average Bonchev–Trinajstić information content (AvgIpc) is 2.77. The molecule has 7 nitrogen and oxygen atoms in total. The Kier molecular flexibility index (Phi) is 3.81. The molecule has 0 bridgehead atoms. The number of nitrogens with zero attached hydrogens (tertiary/aromatic N) is 1. The number of aromatic amines is 1. The quantitative estimate of drug-likeness (QED) is 0.538. The SMILES string of the molecule is COC(=O)C(CO)NC(=O)c1cnc[nH]1. The zero-order valence-corrected chi connectivity index (χ0v) is 8.06. The van der Waals surface area contributed by atoms with E-state index in [1.54, 1.807) is 0 Å². The molecule has 0 aliphatic carbocycles. The number of methoxy groups -OCH3 is 1. The molecule has 3 N–H and O–H groups in total. The van der Waals surface area contributed by atoms with E-state index in [0.717, 1.165) is 0 Å². The fourth-order valence-electron chi connectivity index (χ4n) is 0.937. The lowest BCUT2D eigenvalue weighted by Gasteiger charge is -2.12. The van der Waals surface area contributed by atoms with Crippen LogP contribution in [-0.2, 0) is 9.53 Å². The van der Waals surface area contributed by atoms with E-state index in [0.29, 0.717) is 0 Å². The first-order valence-corrected chi connectivity index (χ1v) is 4.17. The van der Waals surface area contributed by atoms with Crippen LogP contribution in [0, 0.1) is 0 Å². The van der Waals surface area contributed by atoms with Crippen molar-refractivity contribution in [1.29, 1.82) is 0 Å². The van der Waals surface area contributed by atoms with Gasteiger partial charge in [-0.05, 0) is 0 Å². The molecule has 1 amide bonds. The van der Waals surface area contributed by atoms with Gasteiger partial charge < -0.3 is 20.1 Å². The topological polar surface area (TPSA) is 104 Å². The van der Waals surface area contributed by atoms with Crippen molar-refractivity contribution in [2.75, 3.05) is 13.7 Å². The van der Waals surface area contributed by atoms with Crippen LogP contribution >= 0.6 is 0 Å². The van der Waals surface area contributed by atoms with Crippen LogP contribution < -0.4 is 5.32 Å². The standard InChI is InChI=1S/C8H11N3O4/c1-15-8(14)6(3-12)11-7(13)5-2-9-4-10-5/h2,4,6,12H,3H2,1H3,(H,9,10)(H,11,13). The van der Waals surface area contributed by atoms with Gasteiger partial charge in [0.25, 0.3) is 5.91 Å². The summed E-state index contributed by atoms with van der Waals surface area (Å²) < 4.78 is 4.38. The second-order valence-corrected chi connectivity index (χ2v) is 2.70. The molecule has 1 rings (SSSR count). The molecule has 0 aliphatic rings. The van der Waals surface area contributed by atoms with Crippen molar-refractivity contribution < 1.29 is 19.4 Å². The van der Waals surface area contributed by atoms with Gasteiger partial charge in [0.2, 0.25) is 0 Å². The minimum absolute atomic E-state index is 0.206. The monoisotopic (exact) mass is 213 g/mol. The number of aromatic nitrogens is 2. The molecule has 82 valence electrons. The lowest BCUT2D eigenvalue weighted by Crippen LogP contribution is -2.44. The number of esters is 1. The highest BCUT2D eigenvalue weighted by molar-refractivity contribution is 5.94. The van der Waals surface area contributed by atoms with Crippen LogP contribution in [0.1, 0.15) is 10.5 Å². The number of carbonyl (C=O) groups is 2. The number of aliphatic hydroxyl groups is 1. The number of imidazole rings is 1. The summed E-state index contributed by atoms with van der Waals surface area (Å²) in [5, 5.41) is 11.1. The first kappa shape index (κ1) is 11.2. The highest BCUT2D eigenvalue weighted by Gasteiger charge is 2.21. The molecule has 0 fully saturated rings. The highest BCUT2D eigenvalue weighted by Crippen LogP contribution is 1.93. The fourth-order valence-corrected chi connectivity index (χ4v) is 0.937. The number of aliphatic hydroxyl groups excluding tert-OH is 1. The van der Waals surface area contributed by atoms with Crippen molar-refractivity contribution in [3.8, 4) is 0 Å². The number of ether oxygens (including phenoxy) is 1. The molecule has 0 spiro atoms. The number of hydrogen-bond donors (Lipinski definition) is 3. The van der Waals surface area contributed by atoms with Gasteiger partial charge in [0, 0.05) is 0 Å². The summed E-state index contributed by atoms with van der Waals surface area (Å²) in [7, 11) is 1.17. The maximum Gasteiger partial charge on any atom is 0.330 e. The Balaban J connectivity index is 2.60. The molecule has 1 heterocycles. The largest absolute Gasteiger partial charge is 0.467 e. The number of carbonyl (C=O) groups excluding carboxylic acids is 2. The van der Waals surface area contributed by atoms with Crippen LogP contribution in [-0.4, -0.2) is 46.7 Å². The molecular formula is C8H11N3O4. The van der Waals surface area contributed by atoms with Crippen LogP contribution in [0.25, 0.3) is 0 Å². The van der Waals surface area contributed by atoms with Gasteiger partial charge in [0.15, 0.2) is 6.04 Å². The van der Waals surface area contributed by atoms with E-state index < -0.39 is 24.5 Å². The molecule has 15 heavy (non-hydrogen) atoms. The molecule has 1 aromatic rings. The summed E-state index contributed by atoms with van der Waals surface area (Å²) in [6, 6.07) is -1.06. The van der Waals surface area contributed by atoms with E-state index in [2.05, 4.69) is 20.0 Å². The highest BCUT2D eigenvalue weighted by atomic mass is 16.5. The molecule has 7 heteroatoms. The van der Waals surface area contributed by atoms with Crippen LogP contribution in [0.15, 0.2) is 12.5 Å². The fraction of sp³-hybridized carbons (Fsp3) is 0.375. The number of H-pyrrole nitrogens is 1. The third-order valence-electron chi connectivity index (χ3n) is 1.72. The van der Waals surface area contributed by atoms with Crippen LogP contribution in [0.5, 0.6) is 0 Å². The molecule has 0 saturated heterocycles. The van der Waals surface area contributed by atoms with E-state index >= 15 is 0 Å². The number of hydrogen-bond acceptors (Lipinski definition) is 5. The van der Waals surface area contributed by atoms with E-state index in [4.69, 9.17) is 5.11 Å².